The number of halogens is 29. The Balaban J connectivity index is 0.000000179. The van der Waals surface area contributed by atoms with Crippen LogP contribution >= 0.6 is 0 Å². The highest BCUT2D eigenvalue weighted by Crippen LogP contribution is 2.44. The number of benzene rings is 9. The van der Waals surface area contributed by atoms with E-state index in [1.807, 2.05) is 6.08 Å². The van der Waals surface area contributed by atoms with E-state index < -0.39 is 194 Å². The maximum atomic E-state index is 14.5. The Morgan fingerprint density at radius 3 is 0.818 bits per heavy atom. The van der Waals surface area contributed by atoms with E-state index in [0.29, 0.717) is 121 Å². The van der Waals surface area contributed by atoms with Crippen molar-refractivity contribution in [1.82, 2.24) is 0 Å². The fourth-order valence-electron chi connectivity index (χ4n) is 16.4. The van der Waals surface area contributed by atoms with E-state index in [4.69, 9.17) is 14.2 Å². The minimum Gasteiger partial charge on any atom is -0.378 e. The van der Waals surface area contributed by atoms with Crippen LogP contribution in [0.5, 0.6) is 23.0 Å². The van der Waals surface area contributed by atoms with Gasteiger partial charge in [-0.3, -0.25) is 19.8 Å². The first-order chi connectivity index (χ1) is 65.3. The monoisotopic (exact) mass is 1970 g/mol. The van der Waals surface area contributed by atoms with Crippen molar-refractivity contribution in [1.29, 1.82) is 0 Å². The summed E-state index contributed by atoms with van der Waals surface area (Å²) < 4.78 is 383. The Morgan fingerprint density at radius 1 is 0.248 bits per heavy atom. The molecule has 1 saturated carbocycles. The number of allylic oxidation sites excluding steroid dienone is 8. The van der Waals surface area contributed by atoms with Crippen molar-refractivity contribution in [2.75, 3.05) is 19.8 Å². The van der Waals surface area contributed by atoms with E-state index >= 15 is 0 Å². The van der Waals surface area contributed by atoms with Gasteiger partial charge in [0.1, 0.15) is 79.1 Å². The SMILES string of the molecule is CC1CC=C(c2ccc(-c3cc(F)c(CF)c(F)c3)c(F)c2)CC1.CC1CCC(C2CC=C(c3cc(F)c(CF)c(F)c3)CC2)CC1.CC1CCC(C2CC=C(c3cc(F)c(CF)c(F)c3)CC2)OC1.CC1COC(C2CC=C(c3cc(F)c(CF)c(F)c3)CC2)OC1.FOc1cc(F)c(F)c(F)c1.FOc1cc(F)c(F)c(F)c1.FOc1cc(F)c(F)c(F)c1.FOc1cc(F)c(F)c(F)c1. The Bertz CT molecular complexity index is 4980. The van der Waals surface area contributed by atoms with Crippen molar-refractivity contribution in [3.8, 4) is 34.1 Å². The summed E-state index contributed by atoms with van der Waals surface area (Å²) in [6.07, 6.45) is 26.9. The Hall–Kier alpha value is -11.0. The summed E-state index contributed by atoms with van der Waals surface area (Å²) in [6, 6.07) is 17.3. The fraction of sp³-hybridized carbons (Fsp3) is 0.386. The summed E-state index contributed by atoms with van der Waals surface area (Å²) in [5.74, 6) is -23.8. The van der Waals surface area contributed by atoms with Crippen LogP contribution < -0.4 is 19.8 Å². The van der Waals surface area contributed by atoms with Crippen LogP contribution in [0, 0.1) is 170 Å². The molecule has 0 radical (unpaired) electrons. The molecular formula is C101H95F29O7. The summed E-state index contributed by atoms with van der Waals surface area (Å²) in [4.78, 5) is 11.9. The predicted octanol–water partition coefficient (Wildman–Crippen LogP) is 32.4. The molecule has 6 unspecified atom stereocenters. The topological polar surface area (TPSA) is 64.6 Å². The highest BCUT2D eigenvalue weighted by atomic mass is 19.3. The van der Waals surface area contributed by atoms with Gasteiger partial charge in [-0.05, 0) is 243 Å². The molecule has 36 heteroatoms. The first-order valence-corrected chi connectivity index (χ1v) is 43.6. The molecule has 0 bridgehead atoms. The standard InChI is InChI=1S/C20H18F4.C20H25F3.C19H23F3O.C18H21F3O2.4C6H2F4O/c1-12-2-4-13(5-3-12)14-6-7-16(18(22)8-14)15-9-19(23)17(11-21)20(24)10-15;1-13-2-4-14(5-3-13)15-6-8-16(9-7-15)17-10-19(22)18(12-21)20(23)11-17;1-12-2-7-19(23-11-12)14-5-3-13(4-6-14)15-8-17(21)16(10-20)18(22)9-15;1-11-9-22-18(23-10-11)13-4-2-12(3-5-13)14-6-16(20)15(8-19)17(21)7-14;4*7-4-1-3(11-10)2-5(8)6(4)9/h4,6-10,12H,2-3,5,11H2,1H3;8,10-11,13-15H,2-7,9,12H2,1H3;3,8-9,12,14,19H,2,4-7,10-11H2,1H3;2,6-7,11,13,18H,3-5,8-10H2,1H3;4*1-2H. The molecule has 744 valence electrons. The largest absolute Gasteiger partial charge is 0.378 e. The van der Waals surface area contributed by atoms with Crippen molar-refractivity contribution in [2.24, 2.45) is 47.3 Å². The molecule has 6 atom stereocenters. The van der Waals surface area contributed by atoms with Crippen molar-refractivity contribution < 1.29 is 162 Å². The molecule has 2 aliphatic heterocycles. The van der Waals surface area contributed by atoms with Crippen molar-refractivity contribution in [3.63, 3.8) is 0 Å². The van der Waals surface area contributed by atoms with Crippen LogP contribution in [0.25, 0.3) is 33.4 Å². The Labute approximate surface area is 770 Å². The third-order valence-electron chi connectivity index (χ3n) is 24.3. The summed E-state index contributed by atoms with van der Waals surface area (Å²) in [7, 11) is 0. The van der Waals surface area contributed by atoms with Gasteiger partial charge in [0.25, 0.3) is 0 Å². The molecule has 2 heterocycles. The number of rotatable bonds is 16. The quantitative estimate of drug-likeness (QED) is 0.0705. The molecular weight excluding hydrogens is 1880 g/mol. The molecule has 7 aliphatic rings. The lowest BCUT2D eigenvalue weighted by Crippen LogP contribution is -2.36. The zero-order valence-electron chi connectivity index (χ0n) is 74.0. The van der Waals surface area contributed by atoms with Gasteiger partial charge in [-0.1, -0.05) is 77.0 Å². The molecule has 137 heavy (non-hydrogen) atoms. The second-order valence-corrected chi connectivity index (χ2v) is 34.1. The van der Waals surface area contributed by atoms with Crippen LogP contribution in [0.4, 0.5) is 128 Å². The fourth-order valence-corrected chi connectivity index (χ4v) is 16.4. The summed E-state index contributed by atoms with van der Waals surface area (Å²) in [5.41, 5.74) is 4.47. The van der Waals surface area contributed by atoms with E-state index in [-0.39, 0.29) is 23.3 Å². The van der Waals surface area contributed by atoms with Gasteiger partial charge >= 0.3 is 0 Å². The van der Waals surface area contributed by atoms with Gasteiger partial charge in [-0.2, -0.15) is 0 Å². The van der Waals surface area contributed by atoms with Gasteiger partial charge in [0, 0.05) is 90.6 Å². The molecule has 16 rings (SSSR count). The molecule has 0 N–H and O–H groups in total. The zero-order chi connectivity index (χ0) is 100. The van der Waals surface area contributed by atoms with Crippen LogP contribution in [0.3, 0.4) is 0 Å². The number of alkyl halides is 4. The number of hydrogen-bond donors (Lipinski definition) is 0. The molecule has 0 aromatic heterocycles. The van der Waals surface area contributed by atoms with Crippen molar-refractivity contribution in [2.45, 2.75) is 182 Å². The highest BCUT2D eigenvalue weighted by molar-refractivity contribution is 5.73. The summed E-state index contributed by atoms with van der Waals surface area (Å²) in [6.45, 7) is 6.48. The van der Waals surface area contributed by atoms with Crippen molar-refractivity contribution in [3.05, 3.63) is 306 Å². The maximum Gasteiger partial charge on any atom is 0.194 e. The van der Waals surface area contributed by atoms with Gasteiger partial charge in [0.2, 0.25) is 0 Å². The van der Waals surface area contributed by atoms with E-state index in [2.05, 4.69) is 65.7 Å². The van der Waals surface area contributed by atoms with Gasteiger partial charge in [0.05, 0.1) is 41.6 Å². The van der Waals surface area contributed by atoms with E-state index in [0.717, 1.165) is 135 Å². The molecule has 7 nitrogen and oxygen atoms in total. The Morgan fingerprint density at radius 2 is 0.533 bits per heavy atom. The lowest BCUT2D eigenvalue weighted by atomic mass is 9.71. The molecule has 3 fully saturated rings. The lowest BCUT2D eigenvalue weighted by molar-refractivity contribution is -0.222. The second kappa shape index (κ2) is 52.7. The first-order valence-electron chi connectivity index (χ1n) is 43.6. The third-order valence-corrected chi connectivity index (χ3v) is 24.3. The average Bonchev–Trinajstić information content (AvgIpc) is 0.834. The van der Waals surface area contributed by atoms with E-state index in [9.17, 15) is 128 Å². The molecule has 5 aliphatic carbocycles. The molecule has 0 amide bonds. The van der Waals surface area contributed by atoms with Crippen LogP contribution in [0.1, 0.15) is 188 Å². The predicted molar refractivity (Wildman–Crippen MR) is 453 cm³/mol. The number of hydrogen-bond acceptors (Lipinski definition) is 7. The van der Waals surface area contributed by atoms with Crippen LogP contribution in [-0.4, -0.2) is 32.2 Å². The van der Waals surface area contributed by atoms with Gasteiger partial charge in [-0.15, -0.1) is 0 Å². The molecule has 0 spiro atoms. The minimum atomic E-state index is -1.65. The highest BCUT2D eigenvalue weighted by Gasteiger charge is 2.34. The van der Waals surface area contributed by atoms with Gasteiger partial charge < -0.3 is 14.2 Å². The lowest BCUT2D eigenvalue weighted by Gasteiger charge is -2.34. The minimum absolute atomic E-state index is 0.0671. The van der Waals surface area contributed by atoms with Crippen molar-refractivity contribution >= 4 is 22.3 Å². The summed E-state index contributed by atoms with van der Waals surface area (Å²) >= 11 is 0. The summed E-state index contributed by atoms with van der Waals surface area (Å²) in [5, 5.41) is 0. The smallest absolute Gasteiger partial charge is 0.194 e. The molecule has 9 aromatic rings. The second-order valence-electron chi connectivity index (χ2n) is 34.1. The first kappa shape index (κ1) is 110. The van der Waals surface area contributed by atoms with Crippen LogP contribution in [-0.2, 0) is 40.9 Å². The van der Waals surface area contributed by atoms with E-state index in [1.54, 1.807) is 6.07 Å². The Kier molecular flexibility index (Phi) is 42.2. The molecule has 9 aromatic carbocycles. The third kappa shape index (κ3) is 30.7. The zero-order valence-corrected chi connectivity index (χ0v) is 74.0. The van der Waals surface area contributed by atoms with Crippen LogP contribution in [0.15, 0.2) is 140 Å². The average molecular weight is 1970 g/mol. The molecule has 2 saturated heterocycles. The van der Waals surface area contributed by atoms with Gasteiger partial charge in [-0.25, -0.2) is 110 Å². The van der Waals surface area contributed by atoms with Crippen LogP contribution in [0.2, 0.25) is 0 Å². The van der Waals surface area contributed by atoms with Gasteiger partial charge in [0.15, 0.2) is 99.1 Å². The number of ether oxygens (including phenoxy) is 3. The maximum absolute atomic E-state index is 14.5. The van der Waals surface area contributed by atoms with E-state index in [1.165, 1.54) is 80.6 Å². The normalized spacial score (nSPS) is 20.6.